The van der Waals surface area contributed by atoms with Crippen molar-refractivity contribution < 1.29 is 4.21 Å². The van der Waals surface area contributed by atoms with Gasteiger partial charge in [0.05, 0.1) is 10.5 Å². The van der Waals surface area contributed by atoms with Gasteiger partial charge in [-0.1, -0.05) is 28.1 Å². The topological polar surface area (TPSA) is 29.4 Å². The van der Waals surface area contributed by atoms with Crippen molar-refractivity contribution in [2.24, 2.45) is 4.40 Å². The zero-order chi connectivity index (χ0) is 14.5. The fourth-order valence-corrected chi connectivity index (χ4v) is 2.42. The van der Waals surface area contributed by atoms with E-state index in [0.717, 1.165) is 28.6 Å². The Kier molecular flexibility index (Phi) is 6.71. The maximum atomic E-state index is 12.2. The van der Waals surface area contributed by atoms with Crippen LogP contribution in [-0.2, 0) is 11.0 Å². The normalized spacial score (nSPS) is 14.5. The smallest absolute Gasteiger partial charge is 0.145 e. The number of rotatable bonds is 5. The molecule has 0 aliphatic rings. The van der Waals surface area contributed by atoms with Crippen LogP contribution in [0.15, 0.2) is 33.1 Å². The Morgan fingerprint density at radius 2 is 1.89 bits per heavy atom. The lowest BCUT2D eigenvalue weighted by atomic mass is 10.1. The van der Waals surface area contributed by atoms with E-state index in [1.165, 1.54) is 0 Å². The highest BCUT2D eigenvalue weighted by atomic mass is 79.9. The maximum Gasteiger partial charge on any atom is 0.145 e. The number of alkyl halides is 1. The molecule has 2 nitrogen and oxygen atoms in total. The molecular formula is C14H19BrClNOS. The largest absolute Gasteiger partial charge is 0.234 e. The summed E-state index contributed by atoms with van der Waals surface area (Å²) in [6.07, 6.45) is 1.57. The Balaban J connectivity index is 3.04. The van der Waals surface area contributed by atoms with Crippen molar-refractivity contribution in [2.45, 2.75) is 38.4 Å². The SMILES string of the molecule is CC(C)(C)S(=O)N=C(CCCCl)c1ccc(Br)cc1. The summed E-state index contributed by atoms with van der Waals surface area (Å²) >= 11 is 9.16. The molecule has 0 radical (unpaired) electrons. The highest BCUT2D eigenvalue weighted by Gasteiger charge is 2.20. The molecule has 19 heavy (non-hydrogen) atoms. The zero-order valence-corrected chi connectivity index (χ0v) is 14.6. The van der Waals surface area contributed by atoms with Crippen LogP contribution in [0.3, 0.4) is 0 Å². The molecule has 0 N–H and O–H groups in total. The predicted molar refractivity (Wildman–Crippen MR) is 88.5 cm³/mol. The molecular weight excluding hydrogens is 346 g/mol. The summed E-state index contributed by atoms with van der Waals surface area (Å²) in [5, 5.41) is 0. The summed E-state index contributed by atoms with van der Waals surface area (Å²) in [6, 6.07) is 7.89. The molecule has 1 unspecified atom stereocenters. The summed E-state index contributed by atoms with van der Waals surface area (Å²) < 4.78 is 17.2. The molecule has 0 spiro atoms. The molecule has 0 heterocycles. The molecule has 0 amide bonds. The van der Waals surface area contributed by atoms with Crippen molar-refractivity contribution in [3.05, 3.63) is 34.3 Å². The van der Waals surface area contributed by atoms with E-state index in [2.05, 4.69) is 20.3 Å². The lowest BCUT2D eigenvalue weighted by molar-refractivity contribution is 0.650. The Morgan fingerprint density at radius 1 is 1.32 bits per heavy atom. The predicted octanol–water partition coefficient (Wildman–Crippen LogP) is 4.72. The monoisotopic (exact) mass is 363 g/mol. The number of hydrogen-bond acceptors (Lipinski definition) is 1. The fraction of sp³-hybridized carbons (Fsp3) is 0.500. The Hall–Kier alpha value is -0.190. The lowest BCUT2D eigenvalue weighted by Gasteiger charge is -2.15. The third kappa shape index (κ3) is 5.76. The molecule has 1 aromatic rings. The van der Waals surface area contributed by atoms with Gasteiger partial charge in [0, 0.05) is 10.4 Å². The van der Waals surface area contributed by atoms with Gasteiger partial charge >= 0.3 is 0 Å². The van der Waals surface area contributed by atoms with Gasteiger partial charge in [0.25, 0.3) is 0 Å². The van der Waals surface area contributed by atoms with E-state index in [0.29, 0.717) is 5.88 Å². The molecule has 0 saturated carbocycles. The first-order chi connectivity index (χ1) is 8.84. The molecule has 0 bridgehead atoms. The number of nitrogens with zero attached hydrogens (tertiary/aromatic N) is 1. The van der Waals surface area contributed by atoms with E-state index < -0.39 is 11.0 Å². The van der Waals surface area contributed by atoms with E-state index in [9.17, 15) is 4.21 Å². The van der Waals surface area contributed by atoms with Gasteiger partial charge < -0.3 is 0 Å². The third-order valence-electron chi connectivity index (χ3n) is 2.44. The molecule has 5 heteroatoms. The van der Waals surface area contributed by atoms with Crippen LogP contribution in [0.5, 0.6) is 0 Å². The molecule has 0 fully saturated rings. The first-order valence-electron chi connectivity index (χ1n) is 6.16. The van der Waals surface area contributed by atoms with E-state index in [4.69, 9.17) is 11.6 Å². The van der Waals surface area contributed by atoms with Crippen LogP contribution in [0.2, 0.25) is 0 Å². The standard InChI is InChI=1S/C14H19BrClNOS/c1-14(2,3)19(18)17-13(5-4-10-16)11-6-8-12(15)9-7-11/h6-9H,4-5,10H2,1-3H3. The van der Waals surface area contributed by atoms with Crippen LogP contribution in [-0.4, -0.2) is 20.5 Å². The van der Waals surface area contributed by atoms with Crippen LogP contribution in [0.4, 0.5) is 0 Å². The van der Waals surface area contributed by atoms with Crippen molar-refractivity contribution in [3.63, 3.8) is 0 Å². The van der Waals surface area contributed by atoms with Crippen LogP contribution in [0, 0.1) is 0 Å². The first-order valence-corrected chi connectivity index (χ1v) is 8.59. The molecule has 0 aromatic heterocycles. The van der Waals surface area contributed by atoms with Crippen LogP contribution in [0.25, 0.3) is 0 Å². The molecule has 0 aliphatic carbocycles. The second-order valence-corrected chi connectivity index (χ2v) is 8.40. The van der Waals surface area contributed by atoms with Crippen molar-refractivity contribution in [2.75, 3.05) is 5.88 Å². The van der Waals surface area contributed by atoms with Crippen molar-refractivity contribution >= 4 is 44.2 Å². The third-order valence-corrected chi connectivity index (χ3v) is 4.67. The quantitative estimate of drug-likeness (QED) is 0.549. The van der Waals surface area contributed by atoms with Gasteiger partial charge in [0.2, 0.25) is 0 Å². The Labute approximate surface area is 131 Å². The van der Waals surface area contributed by atoms with Crippen molar-refractivity contribution in [1.82, 2.24) is 0 Å². The second-order valence-electron chi connectivity index (χ2n) is 5.20. The molecule has 1 aromatic carbocycles. The number of benzene rings is 1. The zero-order valence-electron chi connectivity index (χ0n) is 11.5. The van der Waals surface area contributed by atoms with Gasteiger partial charge in [-0.2, -0.15) is 4.40 Å². The highest BCUT2D eigenvalue weighted by molar-refractivity contribution is 9.10. The summed E-state index contributed by atoms with van der Waals surface area (Å²) in [6.45, 7) is 5.77. The minimum Gasteiger partial charge on any atom is -0.234 e. The molecule has 1 atom stereocenters. The van der Waals surface area contributed by atoms with Gasteiger partial charge in [-0.15, -0.1) is 11.6 Å². The highest BCUT2D eigenvalue weighted by Crippen LogP contribution is 2.18. The van der Waals surface area contributed by atoms with Gasteiger partial charge in [-0.3, -0.25) is 0 Å². The molecule has 106 valence electrons. The second kappa shape index (κ2) is 7.55. The summed E-state index contributed by atoms with van der Waals surface area (Å²) in [5.74, 6) is 0.581. The number of halogens is 2. The van der Waals surface area contributed by atoms with Gasteiger partial charge in [0.15, 0.2) is 0 Å². The van der Waals surface area contributed by atoms with Crippen molar-refractivity contribution in [3.8, 4) is 0 Å². The minimum absolute atomic E-state index is 0.346. The van der Waals surface area contributed by atoms with E-state index in [1.807, 2.05) is 45.0 Å². The minimum atomic E-state index is -1.24. The molecule has 0 saturated heterocycles. The number of hydrogen-bond donors (Lipinski definition) is 0. The average Bonchev–Trinajstić information content (AvgIpc) is 2.34. The maximum absolute atomic E-state index is 12.2. The lowest BCUT2D eigenvalue weighted by Crippen LogP contribution is -2.21. The van der Waals surface area contributed by atoms with Gasteiger partial charge in [0.1, 0.15) is 11.0 Å². The van der Waals surface area contributed by atoms with Crippen LogP contribution >= 0.6 is 27.5 Å². The van der Waals surface area contributed by atoms with Gasteiger partial charge in [-0.25, -0.2) is 4.21 Å². The fourth-order valence-electron chi connectivity index (χ4n) is 1.36. The Bertz CT molecular complexity index is 465. The first kappa shape index (κ1) is 16.9. The van der Waals surface area contributed by atoms with Crippen molar-refractivity contribution in [1.29, 1.82) is 0 Å². The Morgan fingerprint density at radius 3 is 2.37 bits per heavy atom. The summed E-state index contributed by atoms with van der Waals surface area (Å²) in [4.78, 5) is 0. The van der Waals surface area contributed by atoms with Crippen LogP contribution < -0.4 is 0 Å². The average molecular weight is 365 g/mol. The molecule has 0 aliphatic heterocycles. The van der Waals surface area contributed by atoms with E-state index in [1.54, 1.807) is 0 Å². The van der Waals surface area contributed by atoms with Crippen LogP contribution in [0.1, 0.15) is 39.2 Å². The van der Waals surface area contributed by atoms with E-state index >= 15 is 0 Å². The summed E-state index contributed by atoms with van der Waals surface area (Å²) in [7, 11) is -1.24. The summed E-state index contributed by atoms with van der Waals surface area (Å²) in [5.41, 5.74) is 1.87. The van der Waals surface area contributed by atoms with Gasteiger partial charge in [-0.05, 0) is 51.3 Å². The molecule has 1 rings (SSSR count). The van der Waals surface area contributed by atoms with E-state index in [-0.39, 0.29) is 4.75 Å².